The fourth-order valence-electron chi connectivity index (χ4n) is 1.23. The molecule has 0 aliphatic carbocycles. The van der Waals surface area contributed by atoms with Crippen LogP contribution in [0, 0.1) is 5.41 Å². The molecule has 0 heterocycles. The highest BCUT2D eigenvalue weighted by Crippen LogP contribution is 2.19. The van der Waals surface area contributed by atoms with Crippen molar-refractivity contribution in [2.75, 3.05) is 32.1 Å². The molecule has 16 heavy (non-hydrogen) atoms. The molecular formula is C11H26N2O2S. The van der Waals surface area contributed by atoms with Gasteiger partial charge in [-0.3, -0.25) is 0 Å². The van der Waals surface area contributed by atoms with E-state index in [0.29, 0.717) is 6.54 Å². The van der Waals surface area contributed by atoms with Crippen LogP contribution in [0.4, 0.5) is 0 Å². The van der Waals surface area contributed by atoms with Crippen LogP contribution in [-0.4, -0.2) is 51.5 Å². The van der Waals surface area contributed by atoms with Crippen LogP contribution in [0.5, 0.6) is 0 Å². The van der Waals surface area contributed by atoms with Crippen molar-refractivity contribution in [1.29, 1.82) is 0 Å². The smallest absolute Gasteiger partial charge is 0.148 e. The van der Waals surface area contributed by atoms with Crippen LogP contribution >= 0.6 is 0 Å². The summed E-state index contributed by atoms with van der Waals surface area (Å²) in [4.78, 5) is 2.02. The SMILES string of the molecule is CN(CCC(N)C(C)(C)C)CCS(C)(=O)=O. The molecule has 0 aromatic heterocycles. The van der Waals surface area contributed by atoms with Gasteiger partial charge < -0.3 is 10.6 Å². The molecule has 0 aliphatic rings. The van der Waals surface area contributed by atoms with Crippen LogP contribution in [0.1, 0.15) is 27.2 Å². The van der Waals surface area contributed by atoms with Crippen molar-refractivity contribution in [3.63, 3.8) is 0 Å². The molecule has 0 radical (unpaired) electrons. The lowest BCUT2D eigenvalue weighted by Crippen LogP contribution is -2.38. The van der Waals surface area contributed by atoms with E-state index in [-0.39, 0.29) is 17.2 Å². The van der Waals surface area contributed by atoms with Gasteiger partial charge in [-0.25, -0.2) is 8.42 Å². The lowest BCUT2D eigenvalue weighted by Gasteiger charge is -2.28. The van der Waals surface area contributed by atoms with Gasteiger partial charge in [-0.1, -0.05) is 20.8 Å². The zero-order chi connectivity index (χ0) is 13.0. The molecule has 0 amide bonds. The van der Waals surface area contributed by atoms with Crippen molar-refractivity contribution in [3.8, 4) is 0 Å². The number of rotatable bonds is 6. The fourth-order valence-corrected chi connectivity index (χ4v) is 1.87. The molecule has 1 atom stereocenters. The molecule has 0 aromatic rings. The second-order valence-electron chi connectivity index (χ2n) is 5.69. The van der Waals surface area contributed by atoms with E-state index >= 15 is 0 Å². The van der Waals surface area contributed by atoms with E-state index in [9.17, 15) is 8.42 Å². The Morgan fingerprint density at radius 2 is 1.75 bits per heavy atom. The van der Waals surface area contributed by atoms with Gasteiger partial charge in [0.15, 0.2) is 0 Å². The van der Waals surface area contributed by atoms with Crippen LogP contribution in [0.25, 0.3) is 0 Å². The molecule has 0 saturated heterocycles. The predicted molar refractivity (Wildman–Crippen MR) is 69.3 cm³/mol. The summed E-state index contributed by atoms with van der Waals surface area (Å²) < 4.78 is 22.0. The third-order valence-electron chi connectivity index (χ3n) is 2.78. The van der Waals surface area contributed by atoms with E-state index in [0.717, 1.165) is 13.0 Å². The van der Waals surface area contributed by atoms with Gasteiger partial charge in [0.25, 0.3) is 0 Å². The second kappa shape index (κ2) is 5.98. The minimum atomic E-state index is -2.86. The van der Waals surface area contributed by atoms with Crippen LogP contribution in [0.15, 0.2) is 0 Å². The Hall–Kier alpha value is -0.130. The lowest BCUT2D eigenvalue weighted by atomic mass is 9.85. The average molecular weight is 250 g/mol. The first-order valence-electron chi connectivity index (χ1n) is 5.64. The minimum absolute atomic E-state index is 0.109. The number of hydrogen-bond donors (Lipinski definition) is 1. The van der Waals surface area contributed by atoms with Gasteiger partial charge in [0.2, 0.25) is 0 Å². The number of nitrogens with zero attached hydrogens (tertiary/aromatic N) is 1. The Morgan fingerprint density at radius 1 is 1.25 bits per heavy atom. The number of sulfone groups is 1. The Labute approximate surface area is 100 Å². The largest absolute Gasteiger partial charge is 0.327 e. The van der Waals surface area contributed by atoms with E-state index < -0.39 is 9.84 Å². The summed E-state index contributed by atoms with van der Waals surface area (Å²) in [6.45, 7) is 7.78. The van der Waals surface area contributed by atoms with Crippen LogP contribution in [-0.2, 0) is 9.84 Å². The van der Waals surface area contributed by atoms with E-state index in [1.165, 1.54) is 6.26 Å². The predicted octanol–water partition coefficient (Wildman–Crippen LogP) is 0.726. The van der Waals surface area contributed by atoms with Crippen LogP contribution in [0.2, 0.25) is 0 Å². The van der Waals surface area contributed by atoms with Gasteiger partial charge in [-0.05, 0) is 25.4 Å². The van der Waals surface area contributed by atoms with Crippen molar-refractivity contribution >= 4 is 9.84 Å². The van der Waals surface area contributed by atoms with Crippen molar-refractivity contribution in [3.05, 3.63) is 0 Å². The van der Waals surface area contributed by atoms with E-state index in [4.69, 9.17) is 5.73 Å². The molecule has 0 bridgehead atoms. The highest BCUT2D eigenvalue weighted by atomic mass is 32.2. The first-order valence-corrected chi connectivity index (χ1v) is 7.70. The van der Waals surface area contributed by atoms with Crippen molar-refractivity contribution in [2.24, 2.45) is 11.1 Å². The third-order valence-corrected chi connectivity index (χ3v) is 3.70. The standard InChI is InChI=1S/C11H26N2O2S/c1-11(2,3)10(12)6-7-13(4)8-9-16(5,14)15/h10H,6-9,12H2,1-5H3. The highest BCUT2D eigenvalue weighted by Gasteiger charge is 2.20. The maximum absolute atomic E-state index is 11.0. The topological polar surface area (TPSA) is 63.4 Å². The van der Waals surface area contributed by atoms with Gasteiger partial charge in [-0.2, -0.15) is 0 Å². The van der Waals surface area contributed by atoms with Crippen molar-refractivity contribution < 1.29 is 8.42 Å². The summed E-state index contributed by atoms with van der Waals surface area (Å²) in [5, 5.41) is 0. The minimum Gasteiger partial charge on any atom is -0.327 e. The molecule has 4 nitrogen and oxygen atoms in total. The molecule has 0 aromatic carbocycles. The molecule has 5 heteroatoms. The normalized spacial score (nSPS) is 15.4. The second-order valence-corrected chi connectivity index (χ2v) is 7.95. The number of hydrogen-bond acceptors (Lipinski definition) is 4. The van der Waals surface area contributed by atoms with Gasteiger partial charge in [0.1, 0.15) is 9.84 Å². The van der Waals surface area contributed by atoms with Crippen LogP contribution < -0.4 is 5.73 Å². The first-order chi connectivity index (χ1) is 7.02. The van der Waals surface area contributed by atoms with E-state index in [2.05, 4.69) is 20.8 Å². The monoisotopic (exact) mass is 250 g/mol. The van der Waals surface area contributed by atoms with Gasteiger partial charge in [0.05, 0.1) is 5.75 Å². The highest BCUT2D eigenvalue weighted by molar-refractivity contribution is 7.90. The molecule has 98 valence electrons. The zero-order valence-corrected chi connectivity index (χ0v) is 12.0. The summed E-state index contributed by atoms with van der Waals surface area (Å²) in [5.74, 6) is 0.217. The van der Waals surface area contributed by atoms with Gasteiger partial charge >= 0.3 is 0 Å². The van der Waals surface area contributed by atoms with Gasteiger partial charge in [-0.15, -0.1) is 0 Å². The first kappa shape index (κ1) is 15.9. The quantitative estimate of drug-likeness (QED) is 0.755. The summed E-state index contributed by atoms with van der Waals surface area (Å²) in [6.07, 6.45) is 2.16. The van der Waals surface area contributed by atoms with Crippen molar-refractivity contribution in [2.45, 2.75) is 33.2 Å². The molecule has 0 aliphatic heterocycles. The molecule has 0 spiro atoms. The van der Waals surface area contributed by atoms with Crippen molar-refractivity contribution in [1.82, 2.24) is 4.90 Å². The molecule has 0 rings (SSSR count). The Balaban J connectivity index is 3.87. The summed E-state index contributed by atoms with van der Waals surface area (Å²) in [7, 11) is -0.928. The summed E-state index contributed by atoms with van der Waals surface area (Å²) in [6, 6.07) is 0.146. The third kappa shape index (κ3) is 8.07. The van der Waals surface area contributed by atoms with E-state index in [1.54, 1.807) is 0 Å². The molecular weight excluding hydrogens is 224 g/mol. The Bertz CT molecular complexity index is 294. The summed E-state index contributed by atoms with van der Waals surface area (Å²) >= 11 is 0. The van der Waals surface area contributed by atoms with Crippen LogP contribution in [0.3, 0.4) is 0 Å². The maximum Gasteiger partial charge on any atom is 0.148 e. The summed E-state index contributed by atoms with van der Waals surface area (Å²) in [5.41, 5.74) is 6.14. The van der Waals surface area contributed by atoms with E-state index in [1.807, 2.05) is 11.9 Å². The van der Waals surface area contributed by atoms with Gasteiger partial charge in [0, 0.05) is 18.8 Å². The average Bonchev–Trinajstić information content (AvgIpc) is 2.08. The Kier molecular flexibility index (Phi) is 5.93. The molecule has 1 unspecified atom stereocenters. The molecule has 0 fully saturated rings. The Morgan fingerprint density at radius 3 is 2.12 bits per heavy atom. The maximum atomic E-state index is 11.0. The number of nitrogens with two attached hydrogens (primary N) is 1. The zero-order valence-electron chi connectivity index (χ0n) is 11.2. The fraction of sp³-hybridized carbons (Fsp3) is 1.00. The lowest BCUT2D eigenvalue weighted by molar-refractivity contribution is 0.261. The molecule has 0 saturated carbocycles. The molecule has 2 N–H and O–H groups in total.